The van der Waals surface area contributed by atoms with Gasteiger partial charge in [-0.15, -0.1) is 0 Å². The van der Waals surface area contributed by atoms with Crippen molar-refractivity contribution in [3.63, 3.8) is 0 Å². The van der Waals surface area contributed by atoms with Gasteiger partial charge in [-0.25, -0.2) is 9.48 Å². The average Bonchev–Trinajstić information content (AvgIpc) is 3.19. The molecule has 0 spiro atoms. The van der Waals surface area contributed by atoms with Crippen LogP contribution < -0.4 is 5.32 Å². The van der Waals surface area contributed by atoms with Gasteiger partial charge in [-0.05, 0) is 38.1 Å². The van der Waals surface area contributed by atoms with Crippen molar-refractivity contribution in [2.45, 2.75) is 19.9 Å². The first-order chi connectivity index (χ1) is 13.1. The third-order valence-electron chi connectivity index (χ3n) is 4.05. The fourth-order valence-corrected chi connectivity index (χ4v) is 2.72. The van der Waals surface area contributed by atoms with E-state index in [4.69, 9.17) is 4.74 Å². The molecule has 6 nitrogen and oxygen atoms in total. The van der Waals surface area contributed by atoms with Gasteiger partial charge in [0, 0.05) is 11.1 Å². The fraction of sp³-hybridized carbons (Fsp3) is 0.190. The number of carbonyl (C=O) groups is 2. The minimum absolute atomic E-state index is 0.274. The summed E-state index contributed by atoms with van der Waals surface area (Å²) in [7, 11) is 0. The molecule has 3 aromatic rings. The number of benzene rings is 2. The van der Waals surface area contributed by atoms with E-state index in [0.717, 1.165) is 16.9 Å². The first kappa shape index (κ1) is 18.4. The standard InChI is InChI=1S/C21H21N3O3/c1-3-27-21(26)15(2)23-20(25)17-10-7-11-18(14-17)24-19(12-13-22-24)16-8-5-4-6-9-16/h4-15H,3H2,1-2H3,(H,23,25). The fourth-order valence-electron chi connectivity index (χ4n) is 2.72. The second-order valence-corrected chi connectivity index (χ2v) is 5.99. The SMILES string of the molecule is CCOC(=O)C(C)NC(=O)c1cccc(-n2nccc2-c2ccccc2)c1. The van der Waals surface area contributed by atoms with Crippen LogP contribution >= 0.6 is 0 Å². The summed E-state index contributed by atoms with van der Waals surface area (Å²) in [5, 5.41) is 7.04. The number of hydrogen-bond acceptors (Lipinski definition) is 4. The maximum Gasteiger partial charge on any atom is 0.328 e. The van der Waals surface area contributed by atoms with Crippen molar-refractivity contribution in [3.8, 4) is 16.9 Å². The zero-order chi connectivity index (χ0) is 19.2. The topological polar surface area (TPSA) is 73.2 Å². The third kappa shape index (κ3) is 4.23. The Morgan fingerprint density at radius 2 is 1.89 bits per heavy atom. The number of ether oxygens (including phenoxy) is 1. The minimum atomic E-state index is -0.717. The Morgan fingerprint density at radius 3 is 2.63 bits per heavy atom. The molecule has 1 unspecified atom stereocenters. The van der Waals surface area contributed by atoms with Crippen LogP contribution in [0, 0.1) is 0 Å². The average molecular weight is 363 g/mol. The van der Waals surface area contributed by atoms with Gasteiger partial charge in [0.15, 0.2) is 0 Å². The maximum atomic E-state index is 12.5. The van der Waals surface area contributed by atoms with E-state index in [1.54, 1.807) is 42.9 Å². The number of hydrogen-bond donors (Lipinski definition) is 1. The molecule has 6 heteroatoms. The quantitative estimate of drug-likeness (QED) is 0.683. The predicted molar refractivity (Wildman–Crippen MR) is 103 cm³/mol. The number of nitrogens with one attached hydrogen (secondary N) is 1. The van der Waals surface area contributed by atoms with Crippen LogP contribution in [-0.4, -0.2) is 34.3 Å². The van der Waals surface area contributed by atoms with Crippen molar-refractivity contribution in [1.82, 2.24) is 15.1 Å². The highest BCUT2D eigenvalue weighted by Crippen LogP contribution is 2.22. The molecule has 1 N–H and O–H groups in total. The maximum absolute atomic E-state index is 12.5. The molecule has 1 atom stereocenters. The van der Waals surface area contributed by atoms with Gasteiger partial charge < -0.3 is 10.1 Å². The van der Waals surface area contributed by atoms with Crippen molar-refractivity contribution < 1.29 is 14.3 Å². The van der Waals surface area contributed by atoms with Crippen molar-refractivity contribution >= 4 is 11.9 Å². The molecule has 138 valence electrons. The number of carbonyl (C=O) groups excluding carboxylic acids is 2. The summed E-state index contributed by atoms with van der Waals surface area (Å²) in [5.41, 5.74) is 3.15. The van der Waals surface area contributed by atoms with E-state index in [-0.39, 0.29) is 12.5 Å². The van der Waals surface area contributed by atoms with E-state index in [9.17, 15) is 9.59 Å². The predicted octanol–water partition coefficient (Wildman–Crippen LogP) is 3.22. The molecular weight excluding hydrogens is 342 g/mol. The molecule has 0 fully saturated rings. The molecule has 0 saturated carbocycles. The van der Waals surface area contributed by atoms with Gasteiger partial charge in [0.25, 0.3) is 5.91 Å². The Labute approximate surface area is 157 Å². The second kappa shape index (κ2) is 8.31. The van der Waals surface area contributed by atoms with E-state index in [1.165, 1.54) is 0 Å². The number of amides is 1. The summed E-state index contributed by atoms with van der Waals surface area (Å²) in [5.74, 6) is -0.800. The summed E-state index contributed by atoms with van der Waals surface area (Å²) < 4.78 is 6.70. The number of aromatic nitrogens is 2. The largest absolute Gasteiger partial charge is 0.464 e. The molecule has 0 aliphatic rings. The molecule has 1 amide bonds. The normalized spacial score (nSPS) is 11.6. The number of esters is 1. The van der Waals surface area contributed by atoms with Gasteiger partial charge in [-0.3, -0.25) is 4.79 Å². The van der Waals surface area contributed by atoms with Crippen LogP contribution in [0.1, 0.15) is 24.2 Å². The summed E-state index contributed by atoms with van der Waals surface area (Å²) in [4.78, 5) is 24.2. The molecule has 1 heterocycles. The Hall–Kier alpha value is -3.41. The Morgan fingerprint density at radius 1 is 1.11 bits per heavy atom. The zero-order valence-corrected chi connectivity index (χ0v) is 15.3. The molecule has 2 aromatic carbocycles. The minimum Gasteiger partial charge on any atom is -0.464 e. The lowest BCUT2D eigenvalue weighted by atomic mass is 10.1. The molecule has 3 rings (SSSR count). The summed E-state index contributed by atoms with van der Waals surface area (Å²) in [6, 6.07) is 18.2. The Kier molecular flexibility index (Phi) is 5.66. The highest BCUT2D eigenvalue weighted by molar-refractivity contribution is 5.97. The van der Waals surface area contributed by atoms with Gasteiger partial charge in [-0.2, -0.15) is 5.10 Å². The third-order valence-corrected chi connectivity index (χ3v) is 4.05. The molecule has 0 bridgehead atoms. The van der Waals surface area contributed by atoms with E-state index in [2.05, 4.69) is 10.4 Å². The van der Waals surface area contributed by atoms with Gasteiger partial charge in [0.05, 0.1) is 24.2 Å². The van der Waals surface area contributed by atoms with Gasteiger partial charge in [0.1, 0.15) is 6.04 Å². The smallest absolute Gasteiger partial charge is 0.328 e. The Bertz CT molecular complexity index is 935. The Balaban J connectivity index is 1.84. The first-order valence-electron chi connectivity index (χ1n) is 8.77. The van der Waals surface area contributed by atoms with Gasteiger partial charge in [0.2, 0.25) is 0 Å². The lowest BCUT2D eigenvalue weighted by Crippen LogP contribution is -2.39. The van der Waals surface area contributed by atoms with E-state index in [0.29, 0.717) is 5.56 Å². The molecule has 0 aliphatic carbocycles. The molecular formula is C21H21N3O3. The molecule has 0 radical (unpaired) electrons. The summed E-state index contributed by atoms with van der Waals surface area (Å²) in [6.07, 6.45) is 1.72. The first-order valence-corrected chi connectivity index (χ1v) is 8.77. The summed E-state index contributed by atoms with van der Waals surface area (Å²) in [6.45, 7) is 3.60. The second-order valence-electron chi connectivity index (χ2n) is 5.99. The lowest BCUT2D eigenvalue weighted by molar-refractivity contribution is -0.144. The van der Waals surface area contributed by atoms with Crippen LogP contribution in [0.3, 0.4) is 0 Å². The number of nitrogens with zero attached hydrogens (tertiary/aromatic N) is 2. The van der Waals surface area contributed by atoms with Gasteiger partial charge in [-0.1, -0.05) is 36.4 Å². The van der Waals surface area contributed by atoms with Crippen LogP contribution in [0.5, 0.6) is 0 Å². The van der Waals surface area contributed by atoms with E-state index in [1.807, 2.05) is 42.5 Å². The number of rotatable bonds is 6. The highest BCUT2D eigenvalue weighted by atomic mass is 16.5. The van der Waals surface area contributed by atoms with Crippen LogP contribution in [-0.2, 0) is 9.53 Å². The zero-order valence-electron chi connectivity index (χ0n) is 15.3. The van der Waals surface area contributed by atoms with Crippen molar-refractivity contribution in [2.75, 3.05) is 6.61 Å². The van der Waals surface area contributed by atoms with Gasteiger partial charge >= 0.3 is 5.97 Å². The van der Waals surface area contributed by atoms with E-state index >= 15 is 0 Å². The highest BCUT2D eigenvalue weighted by Gasteiger charge is 2.18. The van der Waals surface area contributed by atoms with Crippen molar-refractivity contribution in [2.24, 2.45) is 0 Å². The van der Waals surface area contributed by atoms with Crippen LogP contribution in [0.4, 0.5) is 0 Å². The summed E-state index contributed by atoms with van der Waals surface area (Å²) >= 11 is 0. The molecule has 27 heavy (non-hydrogen) atoms. The van der Waals surface area contributed by atoms with Crippen LogP contribution in [0.15, 0.2) is 66.9 Å². The van der Waals surface area contributed by atoms with Crippen molar-refractivity contribution in [3.05, 3.63) is 72.4 Å². The van der Waals surface area contributed by atoms with Crippen LogP contribution in [0.25, 0.3) is 16.9 Å². The molecule has 1 aromatic heterocycles. The lowest BCUT2D eigenvalue weighted by Gasteiger charge is -2.13. The molecule has 0 aliphatic heterocycles. The molecule has 0 saturated heterocycles. The van der Waals surface area contributed by atoms with Crippen molar-refractivity contribution in [1.29, 1.82) is 0 Å². The van der Waals surface area contributed by atoms with E-state index < -0.39 is 12.0 Å². The van der Waals surface area contributed by atoms with Crippen LogP contribution in [0.2, 0.25) is 0 Å². The monoisotopic (exact) mass is 363 g/mol.